The summed E-state index contributed by atoms with van der Waals surface area (Å²) in [4.78, 5) is 0. The Kier molecular flexibility index (Phi) is 4.52. The minimum Gasteiger partial charge on any atom is -0.495 e. The fourth-order valence-corrected chi connectivity index (χ4v) is 3.36. The van der Waals surface area contributed by atoms with E-state index in [4.69, 9.17) is 16.3 Å². The molecule has 1 aliphatic carbocycles. The number of methoxy groups -OCH3 is 1. The third-order valence-electron chi connectivity index (χ3n) is 4.20. The number of halogens is 1. The van der Waals surface area contributed by atoms with Crippen molar-refractivity contribution in [2.45, 2.75) is 32.2 Å². The number of ether oxygens (including phenoxy) is 1. The second-order valence-corrected chi connectivity index (χ2v) is 5.64. The summed E-state index contributed by atoms with van der Waals surface area (Å²) in [5.41, 5.74) is 1.28. The van der Waals surface area contributed by atoms with Gasteiger partial charge in [-0.05, 0) is 43.0 Å². The van der Waals surface area contributed by atoms with Crippen molar-refractivity contribution in [3.63, 3.8) is 0 Å². The molecule has 0 bridgehead atoms. The third-order valence-corrected chi connectivity index (χ3v) is 4.51. The molecule has 0 aromatic heterocycles. The van der Waals surface area contributed by atoms with Gasteiger partial charge in [0.25, 0.3) is 0 Å². The molecular formula is C15H22ClNO. The first-order valence-corrected chi connectivity index (χ1v) is 7.06. The smallest absolute Gasteiger partial charge is 0.137 e. The lowest BCUT2D eigenvalue weighted by Gasteiger charge is -2.27. The molecule has 0 spiro atoms. The SMILES string of the molecule is CNC(c1ccc(Cl)c(OC)c1)C1CCCC1C. The van der Waals surface area contributed by atoms with E-state index in [2.05, 4.69) is 24.4 Å². The van der Waals surface area contributed by atoms with E-state index in [9.17, 15) is 0 Å². The van der Waals surface area contributed by atoms with Crippen molar-refractivity contribution in [1.82, 2.24) is 5.32 Å². The summed E-state index contributed by atoms with van der Waals surface area (Å²) in [6.07, 6.45) is 3.99. The van der Waals surface area contributed by atoms with Gasteiger partial charge in [0, 0.05) is 6.04 Å². The Morgan fingerprint density at radius 1 is 1.39 bits per heavy atom. The maximum absolute atomic E-state index is 6.09. The highest BCUT2D eigenvalue weighted by Crippen LogP contribution is 2.41. The number of hydrogen-bond acceptors (Lipinski definition) is 2. The molecule has 2 nitrogen and oxygen atoms in total. The second kappa shape index (κ2) is 5.94. The zero-order chi connectivity index (χ0) is 13.1. The monoisotopic (exact) mass is 267 g/mol. The molecule has 0 aliphatic heterocycles. The van der Waals surface area contributed by atoms with E-state index in [1.54, 1.807) is 7.11 Å². The van der Waals surface area contributed by atoms with Gasteiger partial charge in [-0.15, -0.1) is 0 Å². The van der Waals surface area contributed by atoms with Crippen LogP contribution in [0.1, 0.15) is 37.8 Å². The molecule has 3 atom stereocenters. The Morgan fingerprint density at radius 2 is 2.17 bits per heavy atom. The van der Waals surface area contributed by atoms with Gasteiger partial charge < -0.3 is 10.1 Å². The average Bonchev–Trinajstić information content (AvgIpc) is 2.79. The van der Waals surface area contributed by atoms with E-state index in [0.717, 1.165) is 11.7 Å². The van der Waals surface area contributed by atoms with Crippen LogP contribution in [0.25, 0.3) is 0 Å². The molecule has 1 N–H and O–H groups in total. The first kappa shape index (κ1) is 13.7. The molecule has 3 unspecified atom stereocenters. The predicted octanol–water partition coefficient (Wildman–Crippen LogP) is 4.05. The van der Waals surface area contributed by atoms with Crippen molar-refractivity contribution in [2.24, 2.45) is 11.8 Å². The van der Waals surface area contributed by atoms with Gasteiger partial charge in [-0.25, -0.2) is 0 Å². The van der Waals surface area contributed by atoms with E-state index in [-0.39, 0.29) is 0 Å². The highest BCUT2D eigenvalue weighted by Gasteiger charge is 2.31. The van der Waals surface area contributed by atoms with Crippen LogP contribution in [0.15, 0.2) is 18.2 Å². The summed E-state index contributed by atoms with van der Waals surface area (Å²) >= 11 is 6.09. The largest absolute Gasteiger partial charge is 0.495 e. The Labute approximate surface area is 115 Å². The minimum atomic E-state index is 0.397. The Morgan fingerprint density at radius 3 is 2.72 bits per heavy atom. The number of benzene rings is 1. The molecule has 1 aromatic rings. The van der Waals surface area contributed by atoms with Crippen LogP contribution in [0.5, 0.6) is 5.75 Å². The van der Waals surface area contributed by atoms with Crippen LogP contribution in [0.2, 0.25) is 5.02 Å². The van der Waals surface area contributed by atoms with Gasteiger partial charge in [-0.2, -0.15) is 0 Å². The van der Waals surface area contributed by atoms with E-state index < -0.39 is 0 Å². The lowest BCUT2D eigenvalue weighted by molar-refractivity contribution is 0.314. The summed E-state index contributed by atoms with van der Waals surface area (Å²) in [6.45, 7) is 2.36. The first-order chi connectivity index (χ1) is 8.67. The van der Waals surface area contributed by atoms with Crippen molar-refractivity contribution in [3.05, 3.63) is 28.8 Å². The highest BCUT2D eigenvalue weighted by atomic mass is 35.5. The molecule has 0 amide bonds. The van der Waals surface area contributed by atoms with Crippen LogP contribution in [0.4, 0.5) is 0 Å². The van der Waals surface area contributed by atoms with E-state index >= 15 is 0 Å². The quantitative estimate of drug-likeness (QED) is 0.889. The molecule has 2 rings (SSSR count). The maximum Gasteiger partial charge on any atom is 0.137 e. The summed E-state index contributed by atoms with van der Waals surface area (Å²) in [5, 5.41) is 4.14. The molecular weight excluding hydrogens is 246 g/mol. The Bertz CT molecular complexity index is 407. The molecule has 1 fully saturated rings. The van der Waals surface area contributed by atoms with Gasteiger partial charge in [0.1, 0.15) is 5.75 Å². The van der Waals surface area contributed by atoms with Crippen LogP contribution in [-0.2, 0) is 0 Å². The lowest BCUT2D eigenvalue weighted by Crippen LogP contribution is -2.26. The zero-order valence-electron chi connectivity index (χ0n) is 11.4. The summed E-state index contributed by atoms with van der Waals surface area (Å²) in [7, 11) is 3.70. The number of nitrogens with one attached hydrogen (secondary N) is 1. The van der Waals surface area contributed by atoms with Crippen molar-refractivity contribution in [3.8, 4) is 5.75 Å². The average molecular weight is 268 g/mol. The molecule has 1 aromatic carbocycles. The van der Waals surface area contributed by atoms with Gasteiger partial charge in [0.15, 0.2) is 0 Å². The highest BCUT2D eigenvalue weighted by molar-refractivity contribution is 6.32. The van der Waals surface area contributed by atoms with Crippen LogP contribution < -0.4 is 10.1 Å². The second-order valence-electron chi connectivity index (χ2n) is 5.23. The van der Waals surface area contributed by atoms with Crippen molar-refractivity contribution in [2.75, 3.05) is 14.2 Å². The van der Waals surface area contributed by atoms with Crippen molar-refractivity contribution in [1.29, 1.82) is 0 Å². The molecule has 18 heavy (non-hydrogen) atoms. The maximum atomic E-state index is 6.09. The molecule has 0 saturated heterocycles. The Hall–Kier alpha value is -0.730. The molecule has 1 aliphatic rings. The van der Waals surface area contributed by atoms with Crippen molar-refractivity contribution >= 4 is 11.6 Å². The first-order valence-electron chi connectivity index (χ1n) is 6.68. The van der Waals surface area contributed by atoms with Crippen LogP contribution in [0.3, 0.4) is 0 Å². The van der Waals surface area contributed by atoms with Gasteiger partial charge in [0.05, 0.1) is 12.1 Å². The third kappa shape index (κ3) is 2.65. The lowest BCUT2D eigenvalue weighted by atomic mass is 9.86. The zero-order valence-corrected chi connectivity index (χ0v) is 12.1. The Balaban J connectivity index is 2.27. The predicted molar refractivity (Wildman–Crippen MR) is 76.3 cm³/mol. The van der Waals surface area contributed by atoms with E-state index in [1.807, 2.05) is 13.1 Å². The number of rotatable bonds is 4. The van der Waals surface area contributed by atoms with Gasteiger partial charge >= 0.3 is 0 Å². The summed E-state index contributed by atoms with van der Waals surface area (Å²) in [6, 6.07) is 6.50. The standard InChI is InChI=1S/C15H22ClNO/c1-10-5-4-6-12(10)15(17-2)11-7-8-13(16)14(9-11)18-3/h7-10,12,15,17H,4-6H2,1-3H3. The van der Waals surface area contributed by atoms with E-state index in [1.165, 1.54) is 24.8 Å². The minimum absolute atomic E-state index is 0.397. The topological polar surface area (TPSA) is 21.3 Å². The fraction of sp³-hybridized carbons (Fsp3) is 0.600. The molecule has 1 saturated carbocycles. The molecule has 100 valence electrons. The van der Waals surface area contributed by atoms with E-state index in [0.29, 0.717) is 17.0 Å². The summed E-state index contributed by atoms with van der Waals surface area (Å²) in [5.74, 6) is 2.25. The van der Waals surface area contributed by atoms with Gasteiger partial charge in [0.2, 0.25) is 0 Å². The van der Waals surface area contributed by atoms with Crippen molar-refractivity contribution < 1.29 is 4.74 Å². The molecule has 0 heterocycles. The fourth-order valence-electron chi connectivity index (χ4n) is 3.17. The normalized spacial score (nSPS) is 25.1. The van der Waals surface area contributed by atoms with Crippen LogP contribution in [-0.4, -0.2) is 14.2 Å². The van der Waals surface area contributed by atoms with Gasteiger partial charge in [-0.1, -0.05) is 37.4 Å². The molecule has 0 radical (unpaired) electrons. The van der Waals surface area contributed by atoms with Crippen LogP contribution >= 0.6 is 11.6 Å². The summed E-state index contributed by atoms with van der Waals surface area (Å²) < 4.78 is 5.31. The van der Waals surface area contributed by atoms with Crippen LogP contribution in [0, 0.1) is 11.8 Å². The number of hydrogen-bond donors (Lipinski definition) is 1. The molecule has 3 heteroatoms. The van der Waals surface area contributed by atoms with Gasteiger partial charge in [-0.3, -0.25) is 0 Å².